The van der Waals surface area contributed by atoms with Crippen LogP contribution in [0.25, 0.3) is 0 Å². The van der Waals surface area contributed by atoms with E-state index in [-0.39, 0.29) is 35.6 Å². The molecule has 0 saturated carbocycles. The van der Waals surface area contributed by atoms with Crippen molar-refractivity contribution in [3.05, 3.63) is 51.7 Å². The standard InChI is InChI=1S/C19H24F2N4O2S.HI/c1-13-6-7-15(27-18(20)21)14(11-13)12-25-19(22-2)24-9-4-8-23-17(26)16-5-3-10-28-16;/h3,5-7,10-11,18H,4,8-9,12H2,1-2H3,(H,23,26)(H2,22,24,25);1H. The second kappa shape index (κ2) is 13.3. The third-order valence-electron chi connectivity index (χ3n) is 3.78. The number of hydrogen-bond donors (Lipinski definition) is 3. The first-order valence-electron chi connectivity index (χ1n) is 8.80. The van der Waals surface area contributed by atoms with Gasteiger partial charge in [0.25, 0.3) is 5.91 Å². The van der Waals surface area contributed by atoms with E-state index < -0.39 is 6.61 Å². The summed E-state index contributed by atoms with van der Waals surface area (Å²) in [6.45, 7) is 0.429. The normalized spacial score (nSPS) is 11.0. The number of aliphatic imine (C=N–C) groups is 1. The molecule has 0 aliphatic heterocycles. The lowest BCUT2D eigenvalue weighted by Gasteiger charge is -2.15. The van der Waals surface area contributed by atoms with Gasteiger partial charge in [-0.25, -0.2) is 0 Å². The van der Waals surface area contributed by atoms with Gasteiger partial charge in [0.15, 0.2) is 5.96 Å². The molecule has 0 aliphatic rings. The van der Waals surface area contributed by atoms with Gasteiger partial charge in [0, 0.05) is 32.2 Å². The molecule has 29 heavy (non-hydrogen) atoms. The van der Waals surface area contributed by atoms with Gasteiger partial charge in [0.2, 0.25) is 0 Å². The smallest absolute Gasteiger partial charge is 0.387 e. The maximum Gasteiger partial charge on any atom is 0.387 e. The summed E-state index contributed by atoms with van der Waals surface area (Å²) in [4.78, 5) is 16.6. The highest BCUT2D eigenvalue weighted by Gasteiger charge is 2.10. The van der Waals surface area contributed by atoms with E-state index in [1.165, 1.54) is 17.4 Å². The van der Waals surface area contributed by atoms with Crippen LogP contribution in [0.1, 0.15) is 27.2 Å². The Labute approximate surface area is 190 Å². The Morgan fingerprint density at radius 1 is 1.21 bits per heavy atom. The van der Waals surface area contributed by atoms with E-state index in [1.54, 1.807) is 25.2 Å². The van der Waals surface area contributed by atoms with Crippen molar-refractivity contribution >= 4 is 47.2 Å². The zero-order chi connectivity index (χ0) is 20.4. The number of amides is 1. The minimum absolute atomic E-state index is 0. The number of guanidine groups is 1. The largest absolute Gasteiger partial charge is 0.434 e. The summed E-state index contributed by atoms with van der Waals surface area (Å²) in [7, 11) is 1.63. The number of hydrogen-bond acceptors (Lipinski definition) is 4. The van der Waals surface area contributed by atoms with E-state index in [0.29, 0.717) is 42.5 Å². The zero-order valence-electron chi connectivity index (χ0n) is 16.2. The van der Waals surface area contributed by atoms with Gasteiger partial charge in [-0.2, -0.15) is 8.78 Å². The fraction of sp³-hybridized carbons (Fsp3) is 0.368. The van der Waals surface area contributed by atoms with Gasteiger partial charge in [0.1, 0.15) is 5.75 Å². The summed E-state index contributed by atoms with van der Waals surface area (Å²) in [6, 6.07) is 8.66. The number of thiophene rings is 1. The van der Waals surface area contributed by atoms with E-state index in [9.17, 15) is 13.6 Å². The minimum Gasteiger partial charge on any atom is -0.434 e. The summed E-state index contributed by atoms with van der Waals surface area (Å²) < 4.78 is 29.6. The first-order valence-corrected chi connectivity index (χ1v) is 9.68. The monoisotopic (exact) mass is 538 g/mol. The van der Waals surface area contributed by atoms with Crippen molar-refractivity contribution in [1.29, 1.82) is 0 Å². The number of aryl methyl sites for hydroxylation is 1. The van der Waals surface area contributed by atoms with Gasteiger partial charge in [-0.3, -0.25) is 9.79 Å². The van der Waals surface area contributed by atoms with Crippen LogP contribution in [-0.4, -0.2) is 38.6 Å². The van der Waals surface area contributed by atoms with Gasteiger partial charge in [-0.15, -0.1) is 35.3 Å². The molecule has 10 heteroatoms. The number of halogens is 3. The Kier molecular flexibility index (Phi) is 11.5. The van der Waals surface area contributed by atoms with E-state index in [1.807, 2.05) is 18.4 Å². The van der Waals surface area contributed by atoms with Crippen molar-refractivity contribution in [2.24, 2.45) is 4.99 Å². The number of ether oxygens (including phenoxy) is 1. The van der Waals surface area contributed by atoms with Crippen molar-refractivity contribution in [1.82, 2.24) is 16.0 Å². The number of nitrogens with one attached hydrogen (secondary N) is 3. The SMILES string of the molecule is CN=C(NCCCNC(=O)c1cccs1)NCc1cc(C)ccc1OC(F)F.I. The molecule has 0 atom stereocenters. The molecule has 0 saturated heterocycles. The highest BCUT2D eigenvalue weighted by atomic mass is 127. The molecule has 0 bridgehead atoms. The Morgan fingerprint density at radius 2 is 1.97 bits per heavy atom. The van der Waals surface area contributed by atoms with Crippen LogP contribution in [0.3, 0.4) is 0 Å². The molecule has 0 aliphatic carbocycles. The van der Waals surface area contributed by atoms with Gasteiger partial charge in [-0.05, 0) is 30.9 Å². The third-order valence-corrected chi connectivity index (χ3v) is 4.65. The Hall–Kier alpha value is -1.95. The lowest BCUT2D eigenvalue weighted by atomic mass is 10.1. The van der Waals surface area contributed by atoms with E-state index in [0.717, 1.165) is 5.56 Å². The molecular weight excluding hydrogens is 513 g/mol. The van der Waals surface area contributed by atoms with Crippen LogP contribution in [-0.2, 0) is 6.54 Å². The molecule has 1 amide bonds. The molecule has 6 nitrogen and oxygen atoms in total. The Balaban J connectivity index is 0.00000420. The third kappa shape index (κ3) is 8.94. The zero-order valence-corrected chi connectivity index (χ0v) is 19.4. The molecule has 1 aromatic heterocycles. The highest BCUT2D eigenvalue weighted by molar-refractivity contribution is 14.0. The maximum atomic E-state index is 12.5. The van der Waals surface area contributed by atoms with Crippen LogP contribution < -0.4 is 20.7 Å². The van der Waals surface area contributed by atoms with Gasteiger partial charge in [0.05, 0.1) is 4.88 Å². The Bertz CT molecular complexity index is 789. The molecule has 0 radical (unpaired) electrons. The second-order valence-electron chi connectivity index (χ2n) is 5.93. The Morgan fingerprint density at radius 3 is 2.62 bits per heavy atom. The average Bonchev–Trinajstić information content (AvgIpc) is 3.20. The number of alkyl halides is 2. The van der Waals surface area contributed by atoms with Crippen molar-refractivity contribution in [3.8, 4) is 5.75 Å². The highest BCUT2D eigenvalue weighted by Crippen LogP contribution is 2.21. The average molecular weight is 538 g/mol. The number of carbonyl (C=O) groups excluding carboxylic acids is 1. The van der Waals surface area contributed by atoms with E-state index >= 15 is 0 Å². The summed E-state index contributed by atoms with van der Waals surface area (Å²) in [5, 5.41) is 10.9. The predicted molar refractivity (Wildman–Crippen MR) is 123 cm³/mol. The van der Waals surface area contributed by atoms with Crippen LogP contribution in [0.5, 0.6) is 5.75 Å². The molecule has 0 spiro atoms. The van der Waals surface area contributed by atoms with Crippen molar-refractivity contribution < 1.29 is 18.3 Å². The van der Waals surface area contributed by atoms with Crippen molar-refractivity contribution in [2.45, 2.75) is 26.5 Å². The molecule has 0 fully saturated rings. The second-order valence-corrected chi connectivity index (χ2v) is 6.88. The summed E-state index contributed by atoms with van der Waals surface area (Å²) in [5.74, 6) is 0.595. The van der Waals surface area contributed by atoms with E-state index in [2.05, 4.69) is 25.7 Å². The number of nitrogens with zero attached hydrogens (tertiary/aromatic N) is 1. The summed E-state index contributed by atoms with van der Waals surface area (Å²) in [6.07, 6.45) is 0.710. The topological polar surface area (TPSA) is 74.8 Å². The quantitative estimate of drug-likeness (QED) is 0.197. The molecule has 0 unspecified atom stereocenters. The fourth-order valence-electron chi connectivity index (χ4n) is 2.45. The number of benzene rings is 1. The number of carbonyl (C=O) groups is 1. The predicted octanol–water partition coefficient (Wildman–Crippen LogP) is 3.76. The lowest BCUT2D eigenvalue weighted by molar-refractivity contribution is -0.0504. The molecule has 160 valence electrons. The summed E-state index contributed by atoms with van der Waals surface area (Å²) >= 11 is 1.40. The van der Waals surface area contributed by atoms with Crippen LogP contribution >= 0.6 is 35.3 Å². The minimum atomic E-state index is -2.87. The molecule has 2 aromatic rings. The van der Waals surface area contributed by atoms with Crippen LogP contribution in [0, 0.1) is 6.92 Å². The molecule has 1 heterocycles. The van der Waals surface area contributed by atoms with Gasteiger partial charge in [-0.1, -0.05) is 23.8 Å². The molecule has 3 N–H and O–H groups in total. The molecule has 2 rings (SSSR count). The van der Waals surface area contributed by atoms with Crippen LogP contribution in [0.4, 0.5) is 8.78 Å². The van der Waals surface area contributed by atoms with Crippen LogP contribution in [0.2, 0.25) is 0 Å². The summed E-state index contributed by atoms with van der Waals surface area (Å²) in [5.41, 5.74) is 1.56. The van der Waals surface area contributed by atoms with Crippen LogP contribution in [0.15, 0.2) is 40.7 Å². The first-order chi connectivity index (χ1) is 13.5. The van der Waals surface area contributed by atoms with Gasteiger partial charge < -0.3 is 20.7 Å². The fourth-order valence-corrected chi connectivity index (χ4v) is 3.09. The lowest BCUT2D eigenvalue weighted by Crippen LogP contribution is -2.38. The maximum absolute atomic E-state index is 12.5. The van der Waals surface area contributed by atoms with E-state index in [4.69, 9.17) is 0 Å². The molecular formula is C19H25F2IN4O2S. The first kappa shape index (κ1) is 25.1. The van der Waals surface area contributed by atoms with Gasteiger partial charge >= 0.3 is 6.61 Å². The number of rotatable bonds is 9. The molecule has 1 aromatic carbocycles. The van der Waals surface area contributed by atoms with Crippen molar-refractivity contribution in [3.63, 3.8) is 0 Å². The van der Waals surface area contributed by atoms with Crippen molar-refractivity contribution in [2.75, 3.05) is 20.1 Å².